The minimum Gasteiger partial charge on any atom is -0.382 e. The van der Waals surface area contributed by atoms with E-state index in [4.69, 9.17) is 9.47 Å². The highest BCUT2D eigenvalue weighted by Gasteiger charge is 2.20. The van der Waals surface area contributed by atoms with Crippen molar-refractivity contribution in [3.63, 3.8) is 0 Å². The third-order valence-corrected chi connectivity index (χ3v) is 2.86. The number of aromatic nitrogens is 3. The molecule has 18 heavy (non-hydrogen) atoms. The smallest absolute Gasteiger partial charge is 0.0964 e. The lowest BCUT2D eigenvalue weighted by molar-refractivity contribution is 0.00494. The van der Waals surface area contributed by atoms with E-state index in [0.29, 0.717) is 19.3 Å². The quantitative estimate of drug-likeness (QED) is 0.698. The van der Waals surface area contributed by atoms with Gasteiger partial charge in [-0.25, -0.2) is 4.68 Å². The Morgan fingerprint density at radius 3 is 3.11 bits per heavy atom. The van der Waals surface area contributed by atoms with Crippen molar-refractivity contribution in [1.82, 2.24) is 20.3 Å². The van der Waals surface area contributed by atoms with Crippen molar-refractivity contribution in [3.05, 3.63) is 11.9 Å². The van der Waals surface area contributed by atoms with E-state index in [9.17, 15) is 0 Å². The topological polar surface area (TPSA) is 61.2 Å². The van der Waals surface area contributed by atoms with E-state index in [2.05, 4.69) is 15.6 Å². The first kappa shape index (κ1) is 13.5. The third kappa shape index (κ3) is 4.72. The molecule has 1 aliphatic rings. The van der Waals surface area contributed by atoms with Crippen LogP contribution < -0.4 is 5.32 Å². The summed E-state index contributed by atoms with van der Waals surface area (Å²) in [6.45, 7) is 4.78. The molecule has 1 atom stereocenters. The number of methoxy groups -OCH3 is 1. The molecule has 1 N–H and O–H groups in total. The molecule has 102 valence electrons. The maximum absolute atomic E-state index is 5.57. The zero-order valence-electron chi connectivity index (χ0n) is 11.1. The van der Waals surface area contributed by atoms with Crippen LogP contribution in [-0.2, 0) is 22.6 Å². The molecule has 1 heterocycles. The van der Waals surface area contributed by atoms with Gasteiger partial charge in [-0.3, -0.25) is 0 Å². The van der Waals surface area contributed by atoms with Crippen molar-refractivity contribution in [2.24, 2.45) is 0 Å². The van der Waals surface area contributed by atoms with Crippen molar-refractivity contribution in [2.75, 3.05) is 20.3 Å². The molecule has 0 aromatic carbocycles. The highest BCUT2D eigenvalue weighted by molar-refractivity contribution is 4.94. The van der Waals surface area contributed by atoms with Gasteiger partial charge in [-0.05, 0) is 19.8 Å². The van der Waals surface area contributed by atoms with Gasteiger partial charge in [0.2, 0.25) is 0 Å². The molecule has 0 spiro atoms. The fraction of sp³-hybridized carbons (Fsp3) is 0.833. The predicted molar refractivity (Wildman–Crippen MR) is 67.2 cm³/mol. The molecular weight excluding hydrogens is 232 g/mol. The molecule has 1 fully saturated rings. The number of ether oxygens (including phenoxy) is 2. The molecule has 1 aliphatic carbocycles. The summed E-state index contributed by atoms with van der Waals surface area (Å²) in [5.74, 6) is 0. The van der Waals surface area contributed by atoms with Crippen molar-refractivity contribution in [3.8, 4) is 0 Å². The van der Waals surface area contributed by atoms with Crippen LogP contribution >= 0.6 is 0 Å². The minimum atomic E-state index is 0.120. The van der Waals surface area contributed by atoms with Crippen LogP contribution in [0.2, 0.25) is 0 Å². The van der Waals surface area contributed by atoms with E-state index in [0.717, 1.165) is 18.8 Å². The van der Waals surface area contributed by atoms with Gasteiger partial charge in [0, 0.05) is 25.9 Å². The molecule has 1 saturated carbocycles. The monoisotopic (exact) mass is 254 g/mol. The Hall–Kier alpha value is -0.980. The van der Waals surface area contributed by atoms with Crippen LogP contribution in [0, 0.1) is 0 Å². The number of hydrogen-bond donors (Lipinski definition) is 1. The molecule has 0 aliphatic heterocycles. The summed E-state index contributed by atoms with van der Waals surface area (Å²) < 4.78 is 12.4. The highest BCUT2D eigenvalue weighted by atomic mass is 16.5. The maximum atomic E-state index is 5.57. The minimum absolute atomic E-state index is 0.120. The van der Waals surface area contributed by atoms with E-state index in [1.165, 1.54) is 12.8 Å². The van der Waals surface area contributed by atoms with Crippen LogP contribution in [0.5, 0.6) is 0 Å². The van der Waals surface area contributed by atoms with Crippen molar-refractivity contribution in [1.29, 1.82) is 0 Å². The molecule has 0 radical (unpaired) electrons. The molecule has 0 amide bonds. The molecule has 2 rings (SSSR count). The fourth-order valence-corrected chi connectivity index (χ4v) is 1.70. The standard InChI is InChI=1S/C12H22N4O2/c1-10(9-17-2)18-6-5-16-8-12(14-15-16)7-13-11-3-4-11/h8,10-11,13H,3-7,9H2,1-2H3. The second kappa shape index (κ2) is 6.82. The van der Waals surface area contributed by atoms with Crippen LogP contribution in [-0.4, -0.2) is 47.5 Å². The van der Waals surface area contributed by atoms with E-state index in [1.54, 1.807) is 7.11 Å². The van der Waals surface area contributed by atoms with Gasteiger partial charge in [-0.15, -0.1) is 5.10 Å². The molecule has 6 nitrogen and oxygen atoms in total. The summed E-state index contributed by atoms with van der Waals surface area (Å²) in [6, 6.07) is 0.702. The molecule has 6 heteroatoms. The first-order chi connectivity index (χ1) is 8.78. The van der Waals surface area contributed by atoms with Gasteiger partial charge in [0.1, 0.15) is 0 Å². The van der Waals surface area contributed by atoms with Crippen LogP contribution in [0.15, 0.2) is 6.20 Å². The fourth-order valence-electron chi connectivity index (χ4n) is 1.70. The Kier molecular flexibility index (Phi) is 5.10. The molecule has 0 bridgehead atoms. The Labute approximate surface area is 108 Å². The third-order valence-electron chi connectivity index (χ3n) is 2.86. The Bertz CT molecular complexity index is 352. The van der Waals surface area contributed by atoms with E-state index in [-0.39, 0.29) is 6.10 Å². The van der Waals surface area contributed by atoms with Gasteiger partial charge in [-0.2, -0.15) is 0 Å². The lowest BCUT2D eigenvalue weighted by Crippen LogP contribution is -2.18. The summed E-state index contributed by atoms with van der Waals surface area (Å²) in [5.41, 5.74) is 0.992. The molecule has 1 aromatic rings. The summed E-state index contributed by atoms with van der Waals surface area (Å²) >= 11 is 0. The summed E-state index contributed by atoms with van der Waals surface area (Å²) in [4.78, 5) is 0. The largest absolute Gasteiger partial charge is 0.382 e. The van der Waals surface area contributed by atoms with Gasteiger partial charge in [-0.1, -0.05) is 5.21 Å². The Morgan fingerprint density at radius 1 is 1.56 bits per heavy atom. The zero-order chi connectivity index (χ0) is 12.8. The Balaban J connectivity index is 1.62. The van der Waals surface area contributed by atoms with Crippen LogP contribution in [0.25, 0.3) is 0 Å². The first-order valence-electron chi connectivity index (χ1n) is 6.51. The summed E-state index contributed by atoms with van der Waals surface area (Å²) in [5, 5.41) is 11.6. The summed E-state index contributed by atoms with van der Waals surface area (Å²) in [6.07, 6.45) is 4.67. The molecule has 1 aromatic heterocycles. The van der Waals surface area contributed by atoms with Gasteiger partial charge in [0.15, 0.2) is 0 Å². The van der Waals surface area contributed by atoms with Crippen molar-refractivity contribution >= 4 is 0 Å². The van der Waals surface area contributed by atoms with Crippen LogP contribution in [0.3, 0.4) is 0 Å². The van der Waals surface area contributed by atoms with Crippen LogP contribution in [0.1, 0.15) is 25.5 Å². The lowest BCUT2D eigenvalue weighted by atomic mass is 10.4. The SMILES string of the molecule is COCC(C)OCCn1cc(CNC2CC2)nn1. The van der Waals surface area contributed by atoms with E-state index in [1.807, 2.05) is 17.8 Å². The normalized spacial score (nSPS) is 17.0. The van der Waals surface area contributed by atoms with Gasteiger partial charge in [0.25, 0.3) is 0 Å². The number of rotatable bonds is 9. The van der Waals surface area contributed by atoms with Gasteiger partial charge < -0.3 is 14.8 Å². The average molecular weight is 254 g/mol. The van der Waals surface area contributed by atoms with Gasteiger partial charge >= 0.3 is 0 Å². The second-order valence-corrected chi connectivity index (χ2v) is 4.76. The Morgan fingerprint density at radius 2 is 2.39 bits per heavy atom. The zero-order valence-corrected chi connectivity index (χ0v) is 11.1. The predicted octanol–water partition coefficient (Wildman–Crippen LogP) is 0.582. The average Bonchev–Trinajstić information content (AvgIpc) is 3.07. The van der Waals surface area contributed by atoms with E-state index < -0.39 is 0 Å². The number of hydrogen-bond acceptors (Lipinski definition) is 5. The number of nitrogens with one attached hydrogen (secondary N) is 1. The van der Waals surface area contributed by atoms with Crippen molar-refractivity contribution in [2.45, 2.75) is 45.0 Å². The van der Waals surface area contributed by atoms with Crippen LogP contribution in [0.4, 0.5) is 0 Å². The highest BCUT2D eigenvalue weighted by Crippen LogP contribution is 2.18. The first-order valence-corrected chi connectivity index (χ1v) is 6.51. The number of nitrogens with zero attached hydrogens (tertiary/aromatic N) is 3. The van der Waals surface area contributed by atoms with E-state index >= 15 is 0 Å². The molecular formula is C12H22N4O2. The molecule has 0 saturated heterocycles. The van der Waals surface area contributed by atoms with Gasteiger partial charge in [0.05, 0.1) is 31.6 Å². The summed E-state index contributed by atoms with van der Waals surface area (Å²) in [7, 11) is 1.68. The molecule has 1 unspecified atom stereocenters. The van der Waals surface area contributed by atoms with Crippen molar-refractivity contribution < 1.29 is 9.47 Å². The second-order valence-electron chi connectivity index (χ2n) is 4.76. The lowest BCUT2D eigenvalue weighted by Gasteiger charge is -2.11. The maximum Gasteiger partial charge on any atom is 0.0964 e.